The van der Waals surface area contributed by atoms with E-state index in [-0.39, 0.29) is 0 Å². The molecule has 1 aromatic rings. The highest BCUT2D eigenvalue weighted by atomic mass is 16.5. The smallest absolute Gasteiger partial charge is 0.120 e. The van der Waals surface area contributed by atoms with E-state index in [1.807, 2.05) is 7.05 Å². The summed E-state index contributed by atoms with van der Waals surface area (Å²) < 4.78 is 5.79. The van der Waals surface area contributed by atoms with E-state index in [0.29, 0.717) is 12.6 Å². The van der Waals surface area contributed by atoms with E-state index in [1.54, 1.807) is 0 Å². The van der Waals surface area contributed by atoms with Crippen LogP contribution in [0.25, 0.3) is 0 Å². The van der Waals surface area contributed by atoms with Crippen LogP contribution in [0, 0.1) is 0 Å². The number of nitrogens with one attached hydrogen (secondary N) is 1. The van der Waals surface area contributed by atoms with Crippen molar-refractivity contribution in [3.8, 4) is 5.75 Å². The minimum atomic E-state index is 0.478. The van der Waals surface area contributed by atoms with E-state index in [0.717, 1.165) is 17.7 Å². The van der Waals surface area contributed by atoms with Crippen LogP contribution in [0.15, 0.2) is 30.4 Å². The Labute approximate surface area is 110 Å². The highest BCUT2D eigenvalue weighted by Crippen LogP contribution is 2.32. The number of benzene rings is 1. The average Bonchev–Trinajstić information content (AvgIpc) is 2.43. The normalized spacial score (nSPS) is 18.2. The van der Waals surface area contributed by atoms with Gasteiger partial charge in [0.05, 0.1) is 0 Å². The third-order valence-corrected chi connectivity index (χ3v) is 3.72. The van der Waals surface area contributed by atoms with Gasteiger partial charge >= 0.3 is 0 Å². The van der Waals surface area contributed by atoms with Gasteiger partial charge in [0.2, 0.25) is 0 Å². The summed E-state index contributed by atoms with van der Waals surface area (Å²) >= 11 is 0. The van der Waals surface area contributed by atoms with Crippen molar-refractivity contribution in [1.82, 2.24) is 5.32 Å². The topological polar surface area (TPSA) is 21.3 Å². The number of rotatable bonds is 5. The van der Waals surface area contributed by atoms with E-state index in [9.17, 15) is 0 Å². The van der Waals surface area contributed by atoms with Gasteiger partial charge in [-0.1, -0.05) is 19.6 Å². The van der Waals surface area contributed by atoms with E-state index in [2.05, 4.69) is 37.0 Å². The lowest BCUT2D eigenvalue weighted by Crippen LogP contribution is -2.21. The van der Waals surface area contributed by atoms with Crippen LogP contribution < -0.4 is 10.1 Å². The van der Waals surface area contributed by atoms with Crippen molar-refractivity contribution in [3.63, 3.8) is 0 Å². The van der Waals surface area contributed by atoms with Crippen molar-refractivity contribution in [2.24, 2.45) is 0 Å². The van der Waals surface area contributed by atoms with Crippen LogP contribution >= 0.6 is 0 Å². The maximum atomic E-state index is 5.79. The number of hydrogen-bond donors (Lipinski definition) is 1. The Morgan fingerprint density at radius 2 is 2.33 bits per heavy atom. The highest BCUT2D eigenvalue weighted by Gasteiger charge is 2.19. The lowest BCUT2D eigenvalue weighted by Gasteiger charge is -2.25. The molecule has 2 heteroatoms. The molecule has 1 aliphatic carbocycles. The molecule has 0 saturated heterocycles. The van der Waals surface area contributed by atoms with E-state index < -0.39 is 0 Å². The van der Waals surface area contributed by atoms with Crippen molar-refractivity contribution in [3.05, 3.63) is 41.5 Å². The fourth-order valence-electron chi connectivity index (χ4n) is 2.45. The van der Waals surface area contributed by atoms with Gasteiger partial charge in [-0.15, -0.1) is 0 Å². The Hall–Kier alpha value is -1.28. The zero-order valence-electron chi connectivity index (χ0n) is 11.5. The predicted octanol–water partition coefficient (Wildman–Crippen LogP) is 3.63. The molecule has 1 N–H and O–H groups in total. The number of aryl methyl sites for hydroxylation is 1. The van der Waals surface area contributed by atoms with Crippen LogP contribution in [0.5, 0.6) is 5.75 Å². The van der Waals surface area contributed by atoms with Crippen LogP contribution in [-0.4, -0.2) is 13.7 Å². The third-order valence-electron chi connectivity index (χ3n) is 3.72. The van der Waals surface area contributed by atoms with Gasteiger partial charge in [-0.25, -0.2) is 0 Å². The van der Waals surface area contributed by atoms with Crippen molar-refractivity contribution in [1.29, 1.82) is 0 Å². The maximum Gasteiger partial charge on any atom is 0.120 e. The summed E-state index contributed by atoms with van der Waals surface area (Å²) in [5, 5.41) is 3.39. The van der Waals surface area contributed by atoms with Crippen molar-refractivity contribution < 1.29 is 4.74 Å². The van der Waals surface area contributed by atoms with Gasteiger partial charge in [-0.3, -0.25) is 0 Å². The van der Waals surface area contributed by atoms with E-state index >= 15 is 0 Å². The average molecular weight is 245 g/mol. The molecule has 0 radical (unpaired) electrons. The van der Waals surface area contributed by atoms with Crippen LogP contribution in [-0.2, 0) is 6.42 Å². The summed E-state index contributed by atoms with van der Waals surface area (Å²) in [6.45, 7) is 6.70. The zero-order valence-corrected chi connectivity index (χ0v) is 11.5. The molecule has 1 atom stereocenters. The summed E-state index contributed by atoms with van der Waals surface area (Å²) in [6.07, 6.45) is 4.65. The van der Waals surface area contributed by atoms with E-state index in [4.69, 9.17) is 4.74 Å². The number of fused-ring (bicyclic) bond motifs is 1. The molecule has 0 amide bonds. The van der Waals surface area contributed by atoms with Crippen molar-refractivity contribution in [2.45, 2.75) is 38.6 Å². The molecule has 1 aliphatic rings. The van der Waals surface area contributed by atoms with Crippen LogP contribution in [0.1, 0.15) is 43.4 Å². The summed E-state index contributed by atoms with van der Waals surface area (Å²) in [7, 11) is 2.03. The molecule has 1 unspecified atom stereocenters. The molecular formula is C16H23NO. The third kappa shape index (κ3) is 2.94. The van der Waals surface area contributed by atoms with Gasteiger partial charge in [0.25, 0.3) is 0 Å². The molecule has 1 aromatic carbocycles. The van der Waals surface area contributed by atoms with Gasteiger partial charge in [-0.05, 0) is 61.6 Å². The van der Waals surface area contributed by atoms with Crippen molar-refractivity contribution in [2.75, 3.05) is 13.7 Å². The zero-order chi connectivity index (χ0) is 13.0. The first-order chi connectivity index (χ1) is 8.74. The first kappa shape index (κ1) is 13.2. The van der Waals surface area contributed by atoms with Gasteiger partial charge in [0, 0.05) is 6.04 Å². The quantitative estimate of drug-likeness (QED) is 0.800. The second-order valence-electron chi connectivity index (χ2n) is 4.99. The Kier molecular flexibility index (Phi) is 4.43. The molecule has 0 heterocycles. The monoisotopic (exact) mass is 245 g/mol. The fourth-order valence-corrected chi connectivity index (χ4v) is 2.45. The summed E-state index contributed by atoms with van der Waals surface area (Å²) in [4.78, 5) is 0. The first-order valence-electron chi connectivity index (χ1n) is 6.84. The molecule has 98 valence electrons. The van der Waals surface area contributed by atoms with Gasteiger partial charge in [0.1, 0.15) is 12.4 Å². The van der Waals surface area contributed by atoms with Crippen LogP contribution in [0.3, 0.4) is 0 Å². The number of ether oxygens (including phenoxy) is 1. The maximum absolute atomic E-state index is 5.79. The minimum Gasteiger partial charge on any atom is -0.489 e. The number of hydrogen-bond acceptors (Lipinski definition) is 2. The Balaban J connectivity index is 2.12. The van der Waals surface area contributed by atoms with Gasteiger partial charge in [-0.2, -0.15) is 0 Å². The lowest BCUT2D eigenvalue weighted by molar-refractivity contribution is 0.347. The Morgan fingerprint density at radius 1 is 1.50 bits per heavy atom. The van der Waals surface area contributed by atoms with Gasteiger partial charge in [0.15, 0.2) is 0 Å². The second-order valence-corrected chi connectivity index (χ2v) is 4.99. The molecule has 0 bridgehead atoms. The molecular weight excluding hydrogens is 222 g/mol. The standard InChI is InChI=1S/C16H23NO/c1-4-12(2)11-18-14-9-8-13-6-5-7-16(17-3)15(13)10-14/h8-10,16-17H,2,4-7,11H2,1,3H3. The fraction of sp³-hybridized carbons (Fsp3) is 0.500. The summed E-state index contributed by atoms with van der Waals surface area (Å²) in [6, 6.07) is 6.97. The molecule has 0 aliphatic heterocycles. The SMILES string of the molecule is C=C(CC)COc1ccc2c(c1)C(NC)CCC2. The van der Waals surface area contributed by atoms with E-state index in [1.165, 1.54) is 30.4 Å². The van der Waals surface area contributed by atoms with Crippen LogP contribution in [0.4, 0.5) is 0 Å². The Morgan fingerprint density at radius 3 is 3.06 bits per heavy atom. The lowest BCUT2D eigenvalue weighted by atomic mass is 9.87. The molecule has 0 fully saturated rings. The second kappa shape index (κ2) is 6.05. The highest BCUT2D eigenvalue weighted by molar-refractivity contribution is 5.39. The summed E-state index contributed by atoms with van der Waals surface area (Å²) in [5.74, 6) is 0.963. The van der Waals surface area contributed by atoms with Crippen molar-refractivity contribution >= 4 is 0 Å². The van der Waals surface area contributed by atoms with Crippen LogP contribution in [0.2, 0.25) is 0 Å². The van der Waals surface area contributed by atoms with Gasteiger partial charge < -0.3 is 10.1 Å². The predicted molar refractivity (Wildman–Crippen MR) is 76.1 cm³/mol. The molecule has 0 saturated carbocycles. The molecule has 2 nitrogen and oxygen atoms in total. The summed E-state index contributed by atoms with van der Waals surface area (Å²) in [5.41, 5.74) is 4.00. The Bertz CT molecular complexity index is 425. The molecule has 18 heavy (non-hydrogen) atoms. The first-order valence-corrected chi connectivity index (χ1v) is 6.84. The largest absolute Gasteiger partial charge is 0.489 e. The molecule has 0 spiro atoms. The minimum absolute atomic E-state index is 0.478. The molecule has 0 aromatic heterocycles. The molecule has 2 rings (SSSR count).